The van der Waals surface area contributed by atoms with Crippen LogP contribution in [-0.2, 0) is 6.54 Å². The van der Waals surface area contributed by atoms with Crippen molar-refractivity contribution in [2.24, 2.45) is 0 Å². The zero-order valence-corrected chi connectivity index (χ0v) is 13.6. The van der Waals surface area contributed by atoms with Gasteiger partial charge in [0.1, 0.15) is 0 Å². The summed E-state index contributed by atoms with van der Waals surface area (Å²) in [5, 5.41) is 13.0. The molecular weight excluding hydrogens is 284 g/mol. The minimum Gasteiger partial charge on any atom is -0.394 e. The highest BCUT2D eigenvalue weighted by Crippen LogP contribution is 2.20. The van der Waals surface area contributed by atoms with Crippen molar-refractivity contribution in [3.05, 3.63) is 65.7 Å². The van der Waals surface area contributed by atoms with Gasteiger partial charge in [-0.25, -0.2) is 0 Å². The predicted octanol–water partition coefficient (Wildman–Crippen LogP) is 3.50. The smallest absolute Gasteiger partial charge is 0.0626 e. The lowest BCUT2D eigenvalue weighted by atomic mass is 10.1. The highest BCUT2D eigenvalue weighted by molar-refractivity contribution is 5.47. The van der Waals surface area contributed by atoms with Crippen molar-refractivity contribution in [3.63, 3.8) is 0 Å². The molecule has 0 bridgehead atoms. The fourth-order valence-corrected chi connectivity index (χ4v) is 3.19. The zero-order chi connectivity index (χ0) is 15.9. The van der Waals surface area contributed by atoms with Crippen LogP contribution in [-0.4, -0.2) is 24.8 Å². The molecule has 3 nitrogen and oxygen atoms in total. The normalized spacial score (nSPS) is 16.3. The molecule has 1 unspecified atom stereocenters. The zero-order valence-electron chi connectivity index (χ0n) is 13.6. The van der Waals surface area contributed by atoms with Crippen molar-refractivity contribution in [2.75, 3.05) is 24.6 Å². The number of anilines is 1. The van der Waals surface area contributed by atoms with Gasteiger partial charge in [0.15, 0.2) is 0 Å². The molecule has 23 heavy (non-hydrogen) atoms. The predicted molar refractivity (Wildman–Crippen MR) is 95.6 cm³/mol. The molecule has 1 aliphatic rings. The number of aliphatic hydroxyl groups excluding tert-OH is 1. The minimum absolute atomic E-state index is 0.0158. The van der Waals surface area contributed by atoms with E-state index in [9.17, 15) is 5.11 Å². The van der Waals surface area contributed by atoms with E-state index in [4.69, 9.17) is 0 Å². The largest absolute Gasteiger partial charge is 0.394 e. The highest BCUT2D eigenvalue weighted by atomic mass is 16.3. The maximum absolute atomic E-state index is 9.60. The second-order valence-corrected chi connectivity index (χ2v) is 6.24. The van der Waals surface area contributed by atoms with Crippen LogP contribution in [0, 0.1) is 0 Å². The molecule has 0 amide bonds. The lowest BCUT2D eigenvalue weighted by Gasteiger charge is -2.29. The molecule has 0 aliphatic carbocycles. The first-order valence-electron chi connectivity index (χ1n) is 8.60. The lowest BCUT2D eigenvalue weighted by molar-refractivity contribution is 0.243. The van der Waals surface area contributed by atoms with Crippen LogP contribution in [0.15, 0.2) is 54.6 Å². The van der Waals surface area contributed by atoms with Gasteiger partial charge < -0.3 is 15.3 Å². The summed E-state index contributed by atoms with van der Waals surface area (Å²) in [4.78, 5) is 2.47. The molecule has 2 aromatic rings. The van der Waals surface area contributed by atoms with Crippen LogP contribution in [0.3, 0.4) is 0 Å². The SMILES string of the molecule is OCC(NCc1ccc(N2CCCCC2)cc1)c1ccccc1. The molecule has 0 spiro atoms. The molecule has 2 N–H and O–H groups in total. The molecule has 0 radical (unpaired) electrons. The molecule has 1 fully saturated rings. The molecular formula is C20H26N2O. The first kappa shape index (κ1) is 16.0. The number of hydrogen-bond acceptors (Lipinski definition) is 3. The van der Waals surface area contributed by atoms with Gasteiger partial charge in [0, 0.05) is 25.3 Å². The number of benzene rings is 2. The molecule has 3 rings (SSSR count). The van der Waals surface area contributed by atoms with Gasteiger partial charge in [-0.3, -0.25) is 0 Å². The third-order valence-corrected chi connectivity index (χ3v) is 4.59. The molecule has 0 saturated carbocycles. The Bertz CT molecular complexity index is 576. The third kappa shape index (κ3) is 4.34. The molecule has 2 aromatic carbocycles. The standard InChI is InChI=1S/C20H26N2O/c23-16-20(18-7-3-1-4-8-18)21-15-17-9-11-19(12-10-17)22-13-5-2-6-14-22/h1,3-4,7-12,20-21,23H,2,5-6,13-16H2. The first-order valence-corrected chi connectivity index (χ1v) is 8.60. The summed E-state index contributed by atoms with van der Waals surface area (Å²) in [6.07, 6.45) is 3.97. The second kappa shape index (κ2) is 8.14. The van der Waals surface area contributed by atoms with Crippen molar-refractivity contribution < 1.29 is 5.11 Å². The van der Waals surface area contributed by atoms with Gasteiger partial charge in [0.25, 0.3) is 0 Å². The van der Waals surface area contributed by atoms with E-state index in [1.807, 2.05) is 30.3 Å². The quantitative estimate of drug-likeness (QED) is 0.857. The summed E-state index contributed by atoms with van der Waals surface area (Å²) in [6.45, 7) is 3.23. The summed E-state index contributed by atoms with van der Waals surface area (Å²) in [5.74, 6) is 0. The van der Waals surface area contributed by atoms with E-state index in [-0.39, 0.29) is 12.6 Å². The van der Waals surface area contributed by atoms with E-state index < -0.39 is 0 Å². The minimum atomic E-state index is -0.0158. The number of hydrogen-bond donors (Lipinski definition) is 2. The van der Waals surface area contributed by atoms with Gasteiger partial charge in [-0.2, -0.15) is 0 Å². The Labute approximate surface area is 139 Å². The fourth-order valence-electron chi connectivity index (χ4n) is 3.19. The number of nitrogens with one attached hydrogen (secondary N) is 1. The van der Waals surface area contributed by atoms with Crippen LogP contribution in [0.2, 0.25) is 0 Å². The van der Waals surface area contributed by atoms with E-state index in [0.717, 1.165) is 12.1 Å². The second-order valence-electron chi connectivity index (χ2n) is 6.24. The highest BCUT2D eigenvalue weighted by Gasteiger charge is 2.11. The molecule has 0 aromatic heterocycles. The van der Waals surface area contributed by atoms with E-state index >= 15 is 0 Å². The van der Waals surface area contributed by atoms with E-state index in [2.05, 4.69) is 34.5 Å². The van der Waals surface area contributed by atoms with Crippen LogP contribution < -0.4 is 10.2 Å². The fraction of sp³-hybridized carbons (Fsp3) is 0.400. The van der Waals surface area contributed by atoms with Crippen LogP contribution in [0.5, 0.6) is 0 Å². The van der Waals surface area contributed by atoms with Gasteiger partial charge in [0.2, 0.25) is 0 Å². The summed E-state index contributed by atoms with van der Waals surface area (Å²) in [5.41, 5.74) is 3.70. The first-order chi connectivity index (χ1) is 11.4. The number of piperidine rings is 1. The Hall–Kier alpha value is -1.84. The maximum atomic E-state index is 9.60. The third-order valence-electron chi connectivity index (χ3n) is 4.59. The Morgan fingerprint density at radius 3 is 2.26 bits per heavy atom. The van der Waals surface area contributed by atoms with Crippen molar-refractivity contribution in [3.8, 4) is 0 Å². The topological polar surface area (TPSA) is 35.5 Å². The van der Waals surface area contributed by atoms with Crippen molar-refractivity contribution >= 4 is 5.69 Å². The van der Waals surface area contributed by atoms with Gasteiger partial charge >= 0.3 is 0 Å². The number of aliphatic hydroxyl groups is 1. The maximum Gasteiger partial charge on any atom is 0.0626 e. The average molecular weight is 310 g/mol. The summed E-state index contributed by atoms with van der Waals surface area (Å²) < 4.78 is 0. The molecule has 1 heterocycles. The summed E-state index contributed by atoms with van der Waals surface area (Å²) in [7, 11) is 0. The Morgan fingerprint density at radius 1 is 0.913 bits per heavy atom. The molecule has 1 atom stereocenters. The molecule has 3 heteroatoms. The lowest BCUT2D eigenvalue weighted by Crippen LogP contribution is -2.29. The van der Waals surface area contributed by atoms with Crippen molar-refractivity contribution in [1.82, 2.24) is 5.32 Å². The van der Waals surface area contributed by atoms with E-state index in [1.54, 1.807) is 0 Å². The molecule has 1 saturated heterocycles. The summed E-state index contributed by atoms with van der Waals surface area (Å²) >= 11 is 0. The molecule has 122 valence electrons. The van der Waals surface area contributed by atoms with Crippen LogP contribution in [0.1, 0.15) is 36.4 Å². The molecule has 1 aliphatic heterocycles. The van der Waals surface area contributed by atoms with E-state index in [0.29, 0.717) is 0 Å². The summed E-state index contributed by atoms with van der Waals surface area (Å²) in [6, 6.07) is 18.9. The Morgan fingerprint density at radius 2 is 1.61 bits per heavy atom. The van der Waals surface area contributed by atoms with Crippen LogP contribution in [0.25, 0.3) is 0 Å². The monoisotopic (exact) mass is 310 g/mol. The number of rotatable bonds is 6. The Kier molecular flexibility index (Phi) is 5.67. The van der Waals surface area contributed by atoms with Crippen molar-refractivity contribution in [1.29, 1.82) is 0 Å². The van der Waals surface area contributed by atoms with Gasteiger partial charge in [-0.05, 0) is 42.5 Å². The van der Waals surface area contributed by atoms with E-state index in [1.165, 1.54) is 43.6 Å². The van der Waals surface area contributed by atoms with Gasteiger partial charge in [-0.15, -0.1) is 0 Å². The van der Waals surface area contributed by atoms with Crippen LogP contribution >= 0.6 is 0 Å². The Balaban J connectivity index is 1.57. The van der Waals surface area contributed by atoms with Gasteiger partial charge in [-0.1, -0.05) is 42.5 Å². The van der Waals surface area contributed by atoms with Crippen LogP contribution in [0.4, 0.5) is 5.69 Å². The number of nitrogens with zero attached hydrogens (tertiary/aromatic N) is 1. The van der Waals surface area contributed by atoms with Crippen molar-refractivity contribution in [2.45, 2.75) is 31.8 Å². The average Bonchev–Trinajstić information content (AvgIpc) is 2.64. The van der Waals surface area contributed by atoms with Gasteiger partial charge in [0.05, 0.1) is 12.6 Å².